The van der Waals surface area contributed by atoms with Crippen LogP contribution in [0.15, 0.2) is 64.4 Å². The SMILES string of the molecule is NC(=NOCON=C(N)c1ccccc1)C1=CC=CCC1. The van der Waals surface area contributed by atoms with E-state index in [1.807, 2.05) is 42.5 Å². The van der Waals surface area contributed by atoms with E-state index in [0.29, 0.717) is 5.84 Å². The van der Waals surface area contributed by atoms with E-state index in [4.69, 9.17) is 21.1 Å². The topological polar surface area (TPSA) is 95.2 Å². The fourth-order valence-electron chi connectivity index (χ4n) is 1.75. The predicted molar refractivity (Wildman–Crippen MR) is 82.3 cm³/mol. The lowest BCUT2D eigenvalue weighted by molar-refractivity contribution is -0.0507. The standard InChI is InChI=1S/C15H18N4O2/c16-14(12-7-3-1-4-8-12)18-20-11-21-19-15(17)13-9-5-2-6-10-13/h1-5,7-9H,6,10-11H2,(H2,16,18)(H2,17,19). The van der Waals surface area contributed by atoms with Gasteiger partial charge in [0.05, 0.1) is 0 Å². The van der Waals surface area contributed by atoms with Gasteiger partial charge in [-0.2, -0.15) is 0 Å². The van der Waals surface area contributed by atoms with Crippen molar-refractivity contribution in [2.24, 2.45) is 21.8 Å². The van der Waals surface area contributed by atoms with Crippen molar-refractivity contribution in [2.75, 3.05) is 6.79 Å². The second kappa shape index (κ2) is 7.74. The van der Waals surface area contributed by atoms with Gasteiger partial charge in [0.2, 0.25) is 0 Å². The van der Waals surface area contributed by atoms with Gasteiger partial charge >= 0.3 is 0 Å². The minimum Gasteiger partial charge on any atom is -0.381 e. The van der Waals surface area contributed by atoms with Crippen LogP contribution in [0.2, 0.25) is 0 Å². The van der Waals surface area contributed by atoms with Crippen molar-refractivity contribution in [2.45, 2.75) is 12.8 Å². The Morgan fingerprint density at radius 3 is 2.43 bits per heavy atom. The third kappa shape index (κ3) is 4.68. The first-order valence-electron chi connectivity index (χ1n) is 6.59. The van der Waals surface area contributed by atoms with E-state index in [-0.39, 0.29) is 12.6 Å². The number of allylic oxidation sites excluding steroid dienone is 3. The molecular weight excluding hydrogens is 268 g/mol. The number of oxime groups is 2. The molecule has 0 bridgehead atoms. The van der Waals surface area contributed by atoms with Crippen molar-refractivity contribution in [3.8, 4) is 0 Å². The summed E-state index contributed by atoms with van der Waals surface area (Å²) in [5.74, 6) is 0.624. The molecule has 0 unspecified atom stereocenters. The van der Waals surface area contributed by atoms with Crippen molar-refractivity contribution < 1.29 is 9.68 Å². The van der Waals surface area contributed by atoms with Crippen LogP contribution in [0.3, 0.4) is 0 Å². The Kier molecular flexibility index (Phi) is 5.40. The molecule has 1 aliphatic carbocycles. The zero-order valence-corrected chi connectivity index (χ0v) is 11.6. The number of benzene rings is 1. The molecule has 6 heteroatoms. The van der Waals surface area contributed by atoms with Gasteiger partial charge in [-0.05, 0) is 18.4 Å². The van der Waals surface area contributed by atoms with E-state index in [1.54, 1.807) is 0 Å². The van der Waals surface area contributed by atoms with Gasteiger partial charge in [0.1, 0.15) is 0 Å². The van der Waals surface area contributed by atoms with Crippen molar-refractivity contribution >= 4 is 11.7 Å². The van der Waals surface area contributed by atoms with Gasteiger partial charge in [0, 0.05) is 5.56 Å². The van der Waals surface area contributed by atoms with Crippen LogP contribution in [-0.4, -0.2) is 18.5 Å². The van der Waals surface area contributed by atoms with E-state index < -0.39 is 0 Å². The highest BCUT2D eigenvalue weighted by atomic mass is 16.8. The predicted octanol–water partition coefficient (Wildman–Crippen LogP) is 1.85. The highest BCUT2D eigenvalue weighted by Crippen LogP contribution is 2.11. The summed E-state index contributed by atoms with van der Waals surface area (Å²) in [6.07, 6.45) is 7.74. The van der Waals surface area contributed by atoms with E-state index >= 15 is 0 Å². The molecule has 0 heterocycles. The molecule has 0 aliphatic heterocycles. The smallest absolute Gasteiger partial charge is 0.280 e. The van der Waals surface area contributed by atoms with Crippen LogP contribution in [0.25, 0.3) is 0 Å². The molecule has 0 spiro atoms. The fourth-order valence-corrected chi connectivity index (χ4v) is 1.75. The highest BCUT2D eigenvalue weighted by molar-refractivity contribution is 5.97. The second-order valence-electron chi connectivity index (χ2n) is 4.35. The molecule has 1 aromatic carbocycles. The first kappa shape index (κ1) is 14.6. The van der Waals surface area contributed by atoms with Gasteiger partial charge in [0.15, 0.2) is 11.7 Å². The molecule has 110 valence electrons. The van der Waals surface area contributed by atoms with Crippen LogP contribution in [0.4, 0.5) is 0 Å². The van der Waals surface area contributed by atoms with E-state index in [0.717, 1.165) is 24.0 Å². The summed E-state index contributed by atoms with van der Waals surface area (Å²) < 4.78 is 0. The maximum atomic E-state index is 5.79. The molecule has 1 aromatic rings. The molecule has 0 radical (unpaired) electrons. The quantitative estimate of drug-likeness (QED) is 0.274. The number of rotatable bonds is 6. The minimum atomic E-state index is -0.155. The molecule has 2 rings (SSSR count). The largest absolute Gasteiger partial charge is 0.381 e. The second-order valence-corrected chi connectivity index (χ2v) is 4.35. The first-order chi connectivity index (χ1) is 10.3. The van der Waals surface area contributed by atoms with Crippen LogP contribution >= 0.6 is 0 Å². The van der Waals surface area contributed by atoms with Crippen molar-refractivity contribution in [3.05, 3.63) is 59.7 Å². The normalized spacial score (nSPS) is 15.5. The van der Waals surface area contributed by atoms with Gasteiger partial charge in [0.25, 0.3) is 6.79 Å². The van der Waals surface area contributed by atoms with Gasteiger partial charge in [-0.25, -0.2) is 0 Å². The average Bonchev–Trinajstić information content (AvgIpc) is 2.55. The number of nitrogens with two attached hydrogens (primary N) is 2. The molecular formula is C15H18N4O2. The Labute approximate surface area is 123 Å². The Bertz CT molecular complexity index is 577. The van der Waals surface area contributed by atoms with Crippen molar-refractivity contribution in [1.29, 1.82) is 0 Å². The zero-order valence-electron chi connectivity index (χ0n) is 11.6. The Morgan fingerprint density at radius 1 is 1.05 bits per heavy atom. The van der Waals surface area contributed by atoms with Crippen LogP contribution in [0.5, 0.6) is 0 Å². The third-order valence-corrected chi connectivity index (χ3v) is 2.84. The van der Waals surface area contributed by atoms with E-state index in [9.17, 15) is 0 Å². The maximum Gasteiger partial charge on any atom is 0.280 e. The van der Waals surface area contributed by atoms with Crippen LogP contribution in [0, 0.1) is 0 Å². The van der Waals surface area contributed by atoms with Crippen LogP contribution < -0.4 is 11.5 Å². The number of hydrogen-bond donors (Lipinski definition) is 2. The number of nitrogens with zero attached hydrogens (tertiary/aromatic N) is 2. The summed E-state index contributed by atoms with van der Waals surface area (Å²) in [5.41, 5.74) is 13.3. The molecule has 0 aromatic heterocycles. The lowest BCUT2D eigenvalue weighted by Crippen LogP contribution is -2.17. The lowest BCUT2D eigenvalue weighted by Gasteiger charge is -2.07. The number of hydrogen-bond acceptors (Lipinski definition) is 4. The molecule has 0 saturated carbocycles. The van der Waals surface area contributed by atoms with Gasteiger partial charge in [-0.3, -0.25) is 0 Å². The zero-order chi connectivity index (χ0) is 14.9. The molecule has 6 nitrogen and oxygen atoms in total. The lowest BCUT2D eigenvalue weighted by atomic mass is 10.0. The monoisotopic (exact) mass is 286 g/mol. The van der Waals surface area contributed by atoms with Gasteiger partial charge < -0.3 is 21.1 Å². The van der Waals surface area contributed by atoms with E-state index in [2.05, 4.69) is 16.4 Å². The molecule has 0 atom stereocenters. The summed E-state index contributed by atoms with van der Waals surface area (Å²) in [6, 6.07) is 9.30. The third-order valence-electron chi connectivity index (χ3n) is 2.84. The molecule has 0 amide bonds. The summed E-state index contributed by atoms with van der Waals surface area (Å²) in [5, 5.41) is 7.51. The Balaban J connectivity index is 1.77. The number of amidine groups is 2. The van der Waals surface area contributed by atoms with Gasteiger partial charge in [-0.1, -0.05) is 58.9 Å². The summed E-state index contributed by atoms with van der Waals surface area (Å²) in [4.78, 5) is 9.88. The molecule has 4 N–H and O–H groups in total. The Morgan fingerprint density at radius 2 is 1.76 bits per heavy atom. The van der Waals surface area contributed by atoms with Gasteiger partial charge in [-0.15, -0.1) is 0 Å². The molecule has 0 fully saturated rings. The summed E-state index contributed by atoms with van der Waals surface area (Å²) in [7, 11) is 0. The maximum absolute atomic E-state index is 5.79. The van der Waals surface area contributed by atoms with Crippen LogP contribution in [0.1, 0.15) is 18.4 Å². The molecule has 1 aliphatic rings. The van der Waals surface area contributed by atoms with Crippen molar-refractivity contribution in [3.63, 3.8) is 0 Å². The highest BCUT2D eigenvalue weighted by Gasteiger charge is 2.04. The Hall–Kier alpha value is -2.76. The molecule has 21 heavy (non-hydrogen) atoms. The van der Waals surface area contributed by atoms with Crippen molar-refractivity contribution in [1.82, 2.24) is 0 Å². The van der Waals surface area contributed by atoms with Crippen LogP contribution in [-0.2, 0) is 9.68 Å². The van der Waals surface area contributed by atoms with E-state index in [1.165, 1.54) is 0 Å². The first-order valence-corrected chi connectivity index (χ1v) is 6.59. The minimum absolute atomic E-state index is 0.155. The fraction of sp³-hybridized carbons (Fsp3) is 0.200. The molecule has 0 saturated heterocycles. The summed E-state index contributed by atoms with van der Waals surface area (Å²) in [6.45, 7) is -0.155. The summed E-state index contributed by atoms with van der Waals surface area (Å²) >= 11 is 0. The average molecular weight is 286 g/mol.